The Balaban J connectivity index is 3.65. The molecule has 1 unspecified atom stereocenters. The minimum atomic E-state index is 0.0255. The number of rotatable bonds is 2. The summed E-state index contributed by atoms with van der Waals surface area (Å²) >= 11 is 5.22. The Hall–Kier alpha value is 0.110. The number of carbonyl (C=O) groups excluding carboxylic acids is 1. The Morgan fingerprint density at radius 1 is 1.78 bits per heavy atom. The standard InChI is InChI=1S/C6H10OS2/c1-4(2)6(7)9-5(3)8/h5,8H,1H2,2-3H3. The van der Waals surface area contributed by atoms with Gasteiger partial charge in [0.1, 0.15) is 0 Å². The van der Waals surface area contributed by atoms with Crippen LogP contribution in [0.25, 0.3) is 0 Å². The molecule has 0 spiro atoms. The lowest BCUT2D eigenvalue weighted by Crippen LogP contribution is -1.95. The van der Waals surface area contributed by atoms with Gasteiger partial charge < -0.3 is 0 Å². The Morgan fingerprint density at radius 3 is 2.33 bits per heavy atom. The Labute approximate surface area is 65.3 Å². The van der Waals surface area contributed by atoms with Gasteiger partial charge in [0.2, 0.25) is 5.12 Å². The first-order valence-corrected chi connectivity index (χ1v) is 3.98. The maximum atomic E-state index is 10.8. The average Bonchev–Trinajstić information content (AvgIpc) is 1.63. The van der Waals surface area contributed by atoms with Crippen LogP contribution in [0, 0.1) is 0 Å². The summed E-state index contributed by atoms with van der Waals surface area (Å²) in [4.78, 5) is 10.8. The third-order valence-corrected chi connectivity index (χ3v) is 1.85. The molecule has 0 rings (SSSR count). The van der Waals surface area contributed by atoms with E-state index in [-0.39, 0.29) is 9.70 Å². The summed E-state index contributed by atoms with van der Waals surface area (Å²) in [6.45, 7) is 7.06. The molecule has 0 saturated carbocycles. The van der Waals surface area contributed by atoms with Crippen LogP contribution in [0.2, 0.25) is 0 Å². The number of thiol groups is 1. The fraction of sp³-hybridized carbons (Fsp3) is 0.500. The zero-order valence-corrected chi connectivity index (χ0v) is 7.26. The molecular weight excluding hydrogens is 152 g/mol. The van der Waals surface area contributed by atoms with Crippen LogP contribution >= 0.6 is 24.4 Å². The van der Waals surface area contributed by atoms with E-state index in [9.17, 15) is 4.79 Å². The van der Waals surface area contributed by atoms with Crippen molar-refractivity contribution in [1.82, 2.24) is 0 Å². The minimum absolute atomic E-state index is 0.0255. The largest absolute Gasteiger partial charge is 0.282 e. The summed E-state index contributed by atoms with van der Waals surface area (Å²) in [6, 6.07) is 0. The molecule has 0 N–H and O–H groups in total. The SMILES string of the molecule is C=C(C)C(=O)SC(C)S. The van der Waals surface area contributed by atoms with Crippen molar-refractivity contribution in [1.29, 1.82) is 0 Å². The zero-order valence-electron chi connectivity index (χ0n) is 5.55. The molecule has 0 aromatic heterocycles. The summed E-state index contributed by atoms with van der Waals surface area (Å²) in [6.07, 6.45) is 0. The lowest BCUT2D eigenvalue weighted by atomic mass is 10.4. The van der Waals surface area contributed by atoms with Gasteiger partial charge in [-0.2, -0.15) is 12.6 Å². The van der Waals surface area contributed by atoms with Crippen molar-refractivity contribution in [2.45, 2.75) is 18.4 Å². The van der Waals surface area contributed by atoms with Crippen LogP contribution in [0.15, 0.2) is 12.2 Å². The van der Waals surface area contributed by atoms with E-state index in [2.05, 4.69) is 19.2 Å². The number of hydrogen-bond acceptors (Lipinski definition) is 3. The molecule has 0 bridgehead atoms. The molecule has 3 heteroatoms. The Bertz CT molecular complexity index is 129. The van der Waals surface area contributed by atoms with Crippen LogP contribution in [0.1, 0.15) is 13.8 Å². The molecule has 0 aromatic rings. The lowest BCUT2D eigenvalue weighted by molar-refractivity contribution is -0.107. The number of hydrogen-bond donors (Lipinski definition) is 1. The molecule has 0 radical (unpaired) electrons. The first kappa shape index (κ1) is 9.11. The van der Waals surface area contributed by atoms with Crippen LogP contribution in [-0.4, -0.2) is 9.70 Å². The molecule has 0 heterocycles. The van der Waals surface area contributed by atoms with Crippen molar-refractivity contribution < 1.29 is 4.79 Å². The summed E-state index contributed by atoms with van der Waals surface area (Å²) in [7, 11) is 0. The molecule has 0 aliphatic rings. The molecule has 0 aromatic carbocycles. The second-order valence-corrected chi connectivity index (χ2v) is 4.22. The molecule has 0 aliphatic carbocycles. The normalized spacial score (nSPS) is 12.8. The van der Waals surface area contributed by atoms with Crippen molar-refractivity contribution in [2.75, 3.05) is 0 Å². The second kappa shape index (κ2) is 4.01. The van der Waals surface area contributed by atoms with Crippen molar-refractivity contribution in [2.24, 2.45) is 0 Å². The van der Waals surface area contributed by atoms with Gasteiger partial charge in [-0.25, -0.2) is 0 Å². The third-order valence-electron chi connectivity index (χ3n) is 0.626. The Kier molecular flexibility index (Phi) is 4.06. The topological polar surface area (TPSA) is 17.1 Å². The summed E-state index contributed by atoms with van der Waals surface area (Å²) in [5, 5.41) is 0.0255. The van der Waals surface area contributed by atoms with Gasteiger partial charge in [-0.1, -0.05) is 18.3 Å². The monoisotopic (exact) mass is 162 g/mol. The third kappa shape index (κ3) is 4.60. The van der Waals surface area contributed by atoms with Crippen LogP contribution in [0.3, 0.4) is 0 Å². The van der Waals surface area contributed by atoms with E-state index in [1.807, 2.05) is 6.92 Å². The molecule has 0 fully saturated rings. The van der Waals surface area contributed by atoms with E-state index in [1.165, 1.54) is 11.8 Å². The molecule has 52 valence electrons. The van der Waals surface area contributed by atoms with E-state index < -0.39 is 0 Å². The molecule has 0 amide bonds. The smallest absolute Gasteiger partial charge is 0.215 e. The minimum Gasteiger partial charge on any atom is -0.282 e. The maximum Gasteiger partial charge on any atom is 0.215 e. The molecule has 0 saturated heterocycles. The lowest BCUT2D eigenvalue weighted by Gasteiger charge is -1.99. The predicted molar refractivity (Wildman–Crippen MR) is 45.9 cm³/mol. The maximum absolute atomic E-state index is 10.8. The van der Waals surface area contributed by atoms with E-state index >= 15 is 0 Å². The predicted octanol–water partition coefficient (Wildman–Crippen LogP) is 2.10. The van der Waals surface area contributed by atoms with E-state index in [1.54, 1.807) is 6.92 Å². The first-order chi connectivity index (χ1) is 4.04. The summed E-state index contributed by atoms with van der Waals surface area (Å²) in [5.74, 6) is 0. The van der Waals surface area contributed by atoms with Crippen molar-refractivity contribution in [3.05, 3.63) is 12.2 Å². The van der Waals surface area contributed by atoms with Gasteiger partial charge in [0.25, 0.3) is 0 Å². The molecule has 0 aliphatic heterocycles. The van der Waals surface area contributed by atoms with Gasteiger partial charge in [0.15, 0.2) is 0 Å². The quantitative estimate of drug-likeness (QED) is 0.380. The first-order valence-electron chi connectivity index (χ1n) is 2.58. The van der Waals surface area contributed by atoms with E-state index in [0.717, 1.165) is 0 Å². The fourth-order valence-corrected chi connectivity index (χ4v) is 1.05. The number of thioether (sulfide) groups is 1. The number of carbonyl (C=O) groups is 1. The highest BCUT2D eigenvalue weighted by Gasteiger charge is 2.05. The molecule has 1 nitrogen and oxygen atoms in total. The highest BCUT2D eigenvalue weighted by Crippen LogP contribution is 2.17. The average molecular weight is 162 g/mol. The van der Waals surface area contributed by atoms with Crippen LogP contribution in [0.4, 0.5) is 0 Å². The van der Waals surface area contributed by atoms with Crippen molar-refractivity contribution in [3.63, 3.8) is 0 Å². The highest BCUT2D eigenvalue weighted by molar-refractivity contribution is 8.21. The molecule has 9 heavy (non-hydrogen) atoms. The molecule has 1 atom stereocenters. The van der Waals surface area contributed by atoms with Gasteiger partial charge in [-0.3, -0.25) is 4.79 Å². The van der Waals surface area contributed by atoms with Crippen LogP contribution in [-0.2, 0) is 4.79 Å². The van der Waals surface area contributed by atoms with E-state index in [4.69, 9.17) is 0 Å². The molecular formula is C6H10OS2. The second-order valence-electron chi connectivity index (χ2n) is 1.78. The fourth-order valence-electron chi connectivity index (χ4n) is 0.255. The van der Waals surface area contributed by atoms with Crippen molar-refractivity contribution >= 4 is 29.5 Å². The van der Waals surface area contributed by atoms with Gasteiger partial charge in [0.05, 0.1) is 4.58 Å². The van der Waals surface area contributed by atoms with Crippen LogP contribution in [0.5, 0.6) is 0 Å². The Morgan fingerprint density at radius 2 is 2.22 bits per heavy atom. The van der Waals surface area contributed by atoms with Gasteiger partial charge in [-0.15, -0.1) is 0 Å². The highest BCUT2D eigenvalue weighted by atomic mass is 32.2. The van der Waals surface area contributed by atoms with Gasteiger partial charge >= 0.3 is 0 Å². The zero-order chi connectivity index (χ0) is 7.44. The van der Waals surface area contributed by atoms with Crippen molar-refractivity contribution in [3.8, 4) is 0 Å². The van der Waals surface area contributed by atoms with Gasteiger partial charge in [0, 0.05) is 0 Å². The summed E-state index contributed by atoms with van der Waals surface area (Å²) in [5.41, 5.74) is 0.584. The van der Waals surface area contributed by atoms with Crippen LogP contribution < -0.4 is 0 Å². The van der Waals surface area contributed by atoms with Gasteiger partial charge in [-0.05, 0) is 19.4 Å². The summed E-state index contributed by atoms with van der Waals surface area (Å²) < 4.78 is 0.0641. The van der Waals surface area contributed by atoms with E-state index in [0.29, 0.717) is 5.57 Å².